The average molecular weight is 174 g/mol. The number of allylic oxidation sites excluding steroid dienone is 6. The monoisotopic (exact) mass is 174 g/mol. The summed E-state index contributed by atoms with van der Waals surface area (Å²) < 4.78 is 0. The molecule has 0 spiro atoms. The van der Waals surface area contributed by atoms with Gasteiger partial charge in [0.15, 0.2) is 0 Å². The second-order valence-electron chi connectivity index (χ2n) is 3.84. The third kappa shape index (κ3) is 1.67. The lowest BCUT2D eigenvalue weighted by Gasteiger charge is -2.14. The zero-order chi connectivity index (χ0) is 10.0. The van der Waals surface area contributed by atoms with Crippen molar-refractivity contribution >= 4 is 0 Å². The molecule has 0 nitrogen and oxygen atoms in total. The summed E-state index contributed by atoms with van der Waals surface area (Å²) >= 11 is 0. The van der Waals surface area contributed by atoms with E-state index in [2.05, 4.69) is 40.0 Å². The Balaban J connectivity index is 3.05. The van der Waals surface area contributed by atoms with Gasteiger partial charge in [-0.1, -0.05) is 57.7 Å². The Hall–Kier alpha value is -1.04. The van der Waals surface area contributed by atoms with Crippen molar-refractivity contribution in [2.45, 2.75) is 20.8 Å². The summed E-state index contributed by atoms with van der Waals surface area (Å²) in [4.78, 5) is 0. The first kappa shape index (κ1) is 10.0. The maximum absolute atomic E-state index is 3.85. The Morgan fingerprint density at radius 3 is 2.23 bits per heavy atom. The van der Waals surface area contributed by atoms with E-state index in [1.807, 2.05) is 12.2 Å². The molecule has 70 valence electrons. The molecule has 0 saturated heterocycles. The molecule has 1 aliphatic carbocycles. The lowest BCUT2D eigenvalue weighted by molar-refractivity contribution is 0.663. The van der Waals surface area contributed by atoms with Gasteiger partial charge in [0, 0.05) is 5.92 Å². The summed E-state index contributed by atoms with van der Waals surface area (Å²) in [5.74, 6) is 1.13. The van der Waals surface area contributed by atoms with Gasteiger partial charge in [0.1, 0.15) is 0 Å². The maximum Gasteiger partial charge on any atom is 0.00314 e. The SMILES string of the molecule is C=CC1=C(C=C)C(C)C(C(C)C)=C1. The normalized spacial score (nSPS) is 22.2. The van der Waals surface area contributed by atoms with Crippen LogP contribution >= 0.6 is 0 Å². The predicted octanol–water partition coefficient (Wildman–Crippen LogP) is 3.89. The lowest BCUT2D eigenvalue weighted by atomic mass is 9.90. The molecule has 0 aromatic heterocycles. The Morgan fingerprint density at radius 2 is 1.92 bits per heavy atom. The van der Waals surface area contributed by atoms with E-state index in [-0.39, 0.29) is 0 Å². The van der Waals surface area contributed by atoms with Gasteiger partial charge in [-0.2, -0.15) is 0 Å². The molecule has 13 heavy (non-hydrogen) atoms. The molecule has 0 radical (unpaired) electrons. The van der Waals surface area contributed by atoms with E-state index in [9.17, 15) is 0 Å². The standard InChI is InChI=1S/C13H18/c1-6-11-8-13(9(3)4)10(5)12(11)7-2/h6-10H,1-2H2,3-5H3. The van der Waals surface area contributed by atoms with Crippen LogP contribution in [0.3, 0.4) is 0 Å². The van der Waals surface area contributed by atoms with Crippen LogP contribution in [-0.2, 0) is 0 Å². The zero-order valence-electron chi connectivity index (χ0n) is 8.80. The summed E-state index contributed by atoms with van der Waals surface area (Å²) in [6, 6.07) is 0. The van der Waals surface area contributed by atoms with Gasteiger partial charge in [0.25, 0.3) is 0 Å². The third-order valence-corrected chi connectivity index (χ3v) is 2.73. The van der Waals surface area contributed by atoms with Gasteiger partial charge < -0.3 is 0 Å². The van der Waals surface area contributed by atoms with Crippen molar-refractivity contribution in [3.63, 3.8) is 0 Å². The van der Waals surface area contributed by atoms with Crippen LogP contribution in [0.25, 0.3) is 0 Å². The van der Waals surface area contributed by atoms with Crippen molar-refractivity contribution in [3.8, 4) is 0 Å². The van der Waals surface area contributed by atoms with E-state index in [1.165, 1.54) is 16.7 Å². The molecule has 0 fully saturated rings. The second kappa shape index (κ2) is 3.78. The molecule has 0 aliphatic heterocycles. The van der Waals surface area contributed by atoms with Crippen LogP contribution in [0.1, 0.15) is 20.8 Å². The van der Waals surface area contributed by atoms with Gasteiger partial charge in [0.2, 0.25) is 0 Å². The maximum atomic E-state index is 3.85. The summed E-state index contributed by atoms with van der Waals surface area (Å²) in [7, 11) is 0. The Morgan fingerprint density at radius 1 is 1.31 bits per heavy atom. The van der Waals surface area contributed by atoms with Gasteiger partial charge in [-0.3, -0.25) is 0 Å². The lowest BCUT2D eigenvalue weighted by Crippen LogP contribution is -2.03. The number of rotatable bonds is 3. The van der Waals surface area contributed by atoms with Crippen LogP contribution in [0.4, 0.5) is 0 Å². The molecule has 0 N–H and O–H groups in total. The molecule has 1 rings (SSSR count). The topological polar surface area (TPSA) is 0 Å². The zero-order valence-corrected chi connectivity index (χ0v) is 8.80. The van der Waals surface area contributed by atoms with E-state index >= 15 is 0 Å². The molecule has 0 aromatic rings. The van der Waals surface area contributed by atoms with Crippen LogP contribution in [0.15, 0.2) is 48.1 Å². The van der Waals surface area contributed by atoms with E-state index in [0.717, 1.165) is 0 Å². The third-order valence-electron chi connectivity index (χ3n) is 2.73. The summed E-state index contributed by atoms with van der Waals surface area (Å²) in [6.45, 7) is 14.4. The minimum absolute atomic E-state index is 0.519. The summed E-state index contributed by atoms with van der Waals surface area (Å²) in [6.07, 6.45) is 6.12. The van der Waals surface area contributed by atoms with Crippen molar-refractivity contribution in [1.29, 1.82) is 0 Å². The van der Waals surface area contributed by atoms with Crippen molar-refractivity contribution in [3.05, 3.63) is 48.1 Å². The van der Waals surface area contributed by atoms with Crippen LogP contribution < -0.4 is 0 Å². The highest BCUT2D eigenvalue weighted by Crippen LogP contribution is 2.36. The Bertz CT molecular complexity index is 287. The van der Waals surface area contributed by atoms with Gasteiger partial charge in [-0.25, -0.2) is 0 Å². The average Bonchev–Trinajstić information content (AvgIpc) is 2.41. The highest BCUT2D eigenvalue weighted by atomic mass is 14.3. The molecule has 0 aromatic carbocycles. The van der Waals surface area contributed by atoms with Crippen LogP contribution in [0, 0.1) is 11.8 Å². The summed E-state index contributed by atoms with van der Waals surface area (Å²) in [5.41, 5.74) is 4.05. The van der Waals surface area contributed by atoms with Gasteiger partial charge >= 0.3 is 0 Å². The number of hydrogen-bond acceptors (Lipinski definition) is 0. The molecular formula is C13H18. The second-order valence-corrected chi connectivity index (χ2v) is 3.84. The van der Waals surface area contributed by atoms with Crippen molar-refractivity contribution in [2.75, 3.05) is 0 Å². The first-order chi connectivity index (χ1) is 6.11. The van der Waals surface area contributed by atoms with E-state index in [1.54, 1.807) is 0 Å². The van der Waals surface area contributed by atoms with E-state index in [4.69, 9.17) is 0 Å². The highest BCUT2D eigenvalue weighted by Gasteiger charge is 2.22. The van der Waals surface area contributed by atoms with Gasteiger partial charge in [0.05, 0.1) is 0 Å². The first-order valence-corrected chi connectivity index (χ1v) is 4.82. The molecular weight excluding hydrogens is 156 g/mol. The van der Waals surface area contributed by atoms with Crippen LogP contribution in [0.5, 0.6) is 0 Å². The quantitative estimate of drug-likeness (QED) is 0.609. The predicted molar refractivity (Wildman–Crippen MR) is 59.5 cm³/mol. The molecule has 0 saturated carbocycles. The summed E-state index contributed by atoms with van der Waals surface area (Å²) in [5, 5.41) is 0. The fourth-order valence-corrected chi connectivity index (χ4v) is 1.96. The van der Waals surface area contributed by atoms with Crippen LogP contribution in [-0.4, -0.2) is 0 Å². The van der Waals surface area contributed by atoms with Crippen molar-refractivity contribution in [1.82, 2.24) is 0 Å². The van der Waals surface area contributed by atoms with Crippen LogP contribution in [0.2, 0.25) is 0 Å². The number of hydrogen-bond donors (Lipinski definition) is 0. The van der Waals surface area contributed by atoms with E-state index in [0.29, 0.717) is 11.8 Å². The smallest absolute Gasteiger partial charge is 0.00314 e. The fourth-order valence-electron chi connectivity index (χ4n) is 1.96. The molecule has 1 aliphatic rings. The molecule has 1 unspecified atom stereocenters. The van der Waals surface area contributed by atoms with Crippen molar-refractivity contribution < 1.29 is 0 Å². The minimum atomic E-state index is 0.519. The molecule has 0 heterocycles. The Labute approximate surface area is 81.4 Å². The minimum Gasteiger partial charge on any atom is -0.0987 e. The molecule has 1 atom stereocenters. The molecule has 0 heteroatoms. The Kier molecular flexibility index (Phi) is 2.92. The molecule has 0 bridgehead atoms. The molecule has 0 amide bonds. The first-order valence-electron chi connectivity index (χ1n) is 4.82. The highest BCUT2D eigenvalue weighted by molar-refractivity contribution is 5.51. The fraction of sp³-hybridized carbons (Fsp3) is 0.385. The van der Waals surface area contributed by atoms with Crippen molar-refractivity contribution in [2.24, 2.45) is 11.8 Å². The van der Waals surface area contributed by atoms with Gasteiger partial charge in [-0.05, 0) is 17.1 Å². The largest absolute Gasteiger partial charge is 0.0987 e. The van der Waals surface area contributed by atoms with Gasteiger partial charge in [-0.15, -0.1) is 0 Å². The van der Waals surface area contributed by atoms with E-state index < -0.39 is 0 Å².